The molecule has 18 heavy (non-hydrogen) atoms. The van der Waals surface area contributed by atoms with Crippen molar-refractivity contribution in [1.82, 2.24) is 5.43 Å². The number of likely N-dealkylation sites (N-methyl/N-ethyl adjacent to an activating group) is 1. The highest BCUT2D eigenvalue weighted by Crippen LogP contribution is 2.20. The summed E-state index contributed by atoms with van der Waals surface area (Å²) in [5.74, 6) is 4.77. The van der Waals surface area contributed by atoms with Crippen LogP contribution in [0, 0.1) is 11.3 Å². The number of para-hydroxylation sites is 1. The van der Waals surface area contributed by atoms with Gasteiger partial charge in [-0.1, -0.05) is 12.1 Å². The molecule has 3 N–H and O–H groups in total. The fourth-order valence-corrected chi connectivity index (χ4v) is 1.66. The van der Waals surface area contributed by atoms with Gasteiger partial charge in [-0.25, -0.2) is 5.84 Å². The first-order chi connectivity index (χ1) is 8.65. The zero-order valence-electron chi connectivity index (χ0n) is 10.4. The molecule has 1 rings (SSSR count). The number of anilines is 1. The lowest BCUT2D eigenvalue weighted by molar-refractivity contribution is -0.123. The van der Waals surface area contributed by atoms with E-state index in [-0.39, 0.29) is 12.5 Å². The predicted octanol–water partition coefficient (Wildman–Crippen LogP) is -0.000620. The average molecular weight is 248 g/mol. The number of nitrogens with zero attached hydrogens (tertiary/aromatic N) is 2. The number of hydrogen-bond acceptors (Lipinski definition) is 5. The van der Waals surface area contributed by atoms with Crippen LogP contribution in [0.4, 0.5) is 5.69 Å². The van der Waals surface area contributed by atoms with Crippen LogP contribution in [-0.4, -0.2) is 32.7 Å². The molecule has 6 nitrogen and oxygen atoms in total. The number of benzene rings is 1. The van der Waals surface area contributed by atoms with E-state index in [2.05, 4.69) is 11.5 Å². The predicted molar refractivity (Wildman–Crippen MR) is 67.6 cm³/mol. The summed E-state index contributed by atoms with van der Waals surface area (Å²) in [7, 11) is 3.22. The van der Waals surface area contributed by atoms with Crippen LogP contribution in [0.3, 0.4) is 0 Å². The van der Waals surface area contributed by atoms with Gasteiger partial charge in [0.2, 0.25) is 0 Å². The third-order valence-corrected chi connectivity index (χ3v) is 2.64. The Bertz CT molecular complexity index is 456. The monoisotopic (exact) mass is 248 g/mol. The molecule has 0 bridgehead atoms. The lowest BCUT2D eigenvalue weighted by atomic mass is 10.1. The number of rotatable bonds is 5. The smallest absolute Gasteiger partial charge is 0.258 e. The number of hydrazine groups is 1. The van der Waals surface area contributed by atoms with E-state index in [0.717, 1.165) is 0 Å². The highest BCUT2D eigenvalue weighted by Gasteiger charge is 2.24. The first-order valence-corrected chi connectivity index (χ1v) is 5.37. The molecule has 0 aliphatic heterocycles. The van der Waals surface area contributed by atoms with Crippen LogP contribution < -0.4 is 16.2 Å². The third-order valence-electron chi connectivity index (χ3n) is 2.64. The minimum atomic E-state index is -0.588. The molecule has 0 aliphatic rings. The number of ether oxygens (including phenoxy) is 1. The van der Waals surface area contributed by atoms with E-state index in [9.17, 15) is 4.79 Å². The van der Waals surface area contributed by atoms with Gasteiger partial charge in [-0.05, 0) is 12.1 Å². The lowest BCUT2D eigenvalue weighted by Gasteiger charge is -2.28. The van der Waals surface area contributed by atoms with E-state index < -0.39 is 6.04 Å². The minimum Gasteiger partial charge on any atom is -0.382 e. The summed E-state index contributed by atoms with van der Waals surface area (Å²) in [6.07, 6.45) is 0. The number of carbonyl (C=O) groups is 1. The Hall–Kier alpha value is -2.10. The molecular weight excluding hydrogens is 232 g/mol. The normalized spacial score (nSPS) is 11.4. The Morgan fingerprint density at radius 3 is 2.83 bits per heavy atom. The number of hydrogen-bond donors (Lipinski definition) is 2. The SMILES string of the molecule is COCC(C(=O)NN)N(C)c1ccccc1C#N. The first kappa shape index (κ1) is 14.0. The summed E-state index contributed by atoms with van der Waals surface area (Å²) in [4.78, 5) is 13.3. The number of nitrogens with two attached hydrogens (primary N) is 1. The molecule has 1 aromatic rings. The molecule has 1 unspecified atom stereocenters. The van der Waals surface area contributed by atoms with Crippen LogP contribution in [0.5, 0.6) is 0 Å². The maximum Gasteiger partial charge on any atom is 0.258 e. The average Bonchev–Trinajstić information content (AvgIpc) is 2.43. The molecule has 0 aromatic heterocycles. The maximum absolute atomic E-state index is 11.7. The van der Waals surface area contributed by atoms with Crippen molar-refractivity contribution in [3.8, 4) is 6.07 Å². The Balaban J connectivity index is 3.06. The maximum atomic E-state index is 11.7. The zero-order valence-corrected chi connectivity index (χ0v) is 10.4. The molecule has 0 fully saturated rings. The minimum absolute atomic E-state index is 0.180. The summed E-state index contributed by atoms with van der Waals surface area (Å²) >= 11 is 0. The van der Waals surface area contributed by atoms with Gasteiger partial charge in [0, 0.05) is 14.2 Å². The molecule has 1 atom stereocenters. The van der Waals surface area contributed by atoms with E-state index in [0.29, 0.717) is 11.3 Å². The summed E-state index contributed by atoms with van der Waals surface area (Å²) in [6, 6.07) is 8.53. The Morgan fingerprint density at radius 2 is 2.28 bits per heavy atom. The van der Waals surface area contributed by atoms with Crippen molar-refractivity contribution in [2.24, 2.45) is 5.84 Å². The largest absolute Gasteiger partial charge is 0.382 e. The van der Waals surface area contributed by atoms with Crippen LogP contribution in [-0.2, 0) is 9.53 Å². The molecular formula is C12H16N4O2. The summed E-state index contributed by atoms with van der Waals surface area (Å²) in [5.41, 5.74) is 3.24. The van der Waals surface area contributed by atoms with Crippen molar-refractivity contribution >= 4 is 11.6 Å². The zero-order chi connectivity index (χ0) is 13.5. The topological polar surface area (TPSA) is 91.4 Å². The standard InChI is InChI=1S/C12H16N4O2/c1-16(11(8-18-2)12(17)15-14)10-6-4-3-5-9(10)7-13/h3-6,11H,8,14H2,1-2H3,(H,15,17). The molecule has 1 amide bonds. The summed E-state index contributed by atoms with van der Waals surface area (Å²) in [5, 5.41) is 9.04. The Kier molecular flexibility index (Phi) is 5.11. The van der Waals surface area contributed by atoms with E-state index in [4.69, 9.17) is 15.8 Å². The van der Waals surface area contributed by atoms with Crippen LogP contribution >= 0.6 is 0 Å². The van der Waals surface area contributed by atoms with Gasteiger partial charge in [-0.15, -0.1) is 0 Å². The van der Waals surface area contributed by atoms with Gasteiger partial charge in [0.25, 0.3) is 5.91 Å². The first-order valence-electron chi connectivity index (χ1n) is 5.37. The number of nitrogens with one attached hydrogen (secondary N) is 1. The van der Waals surface area contributed by atoms with Gasteiger partial charge in [0.1, 0.15) is 12.1 Å². The molecule has 0 saturated carbocycles. The molecule has 0 spiro atoms. The van der Waals surface area contributed by atoms with Crippen molar-refractivity contribution in [2.45, 2.75) is 6.04 Å². The van der Waals surface area contributed by atoms with Crippen molar-refractivity contribution in [3.63, 3.8) is 0 Å². The van der Waals surface area contributed by atoms with Gasteiger partial charge in [-0.3, -0.25) is 10.2 Å². The third kappa shape index (κ3) is 2.97. The molecule has 0 saturated heterocycles. The van der Waals surface area contributed by atoms with Gasteiger partial charge >= 0.3 is 0 Å². The molecule has 1 aromatic carbocycles. The van der Waals surface area contributed by atoms with Gasteiger partial charge in [0.15, 0.2) is 0 Å². The van der Waals surface area contributed by atoms with Gasteiger partial charge in [0.05, 0.1) is 17.9 Å². The van der Waals surface area contributed by atoms with Crippen molar-refractivity contribution in [2.75, 3.05) is 25.7 Å². The second kappa shape index (κ2) is 6.59. The second-order valence-corrected chi connectivity index (χ2v) is 3.72. The lowest BCUT2D eigenvalue weighted by Crippen LogP contribution is -2.50. The van der Waals surface area contributed by atoms with E-state index in [1.54, 1.807) is 36.2 Å². The van der Waals surface area contributed by atoms with E-state index >= 15 is 0 Å². The Labute approximate surface area is 106 Å². The van der Waals surface area contributed by atoms with Crippen LogP contribution in [0.25, 0.3) is 0 Å². The molecule has 0 heterocycles. The quantitative estimate of drug-likeness (QED) is 0.435. The van der Waals surface area contributed by atoms with E-state index in [1.807, 2.05) is 0 Å². The van der Waals surface area contributed by atoms with Gasteiger partial charge < -0.3 is 9.64 Å². The van der Waals surface area contributed by atoms with Gasteiger partial charge in [-0.2, -0.15) is 5.26 Å². The van der Waals surface area contributed by atoms with E-state index in [1.165, 1.54) is 7.11 Å². The summed E-state index contributed by atoms with van der Waals surface area (Å²) < 4.78 is 5.00. The fourth-order valence-electron chi connectivity index (χ4n) is 1.66. The number of carbonyl (C=O) groups excluding carboxylic acids is 1. The fraction of sp³-hybridized carbons (Fsp3) is 0.333. The highest BCUT2D eigenvalue weighted by atomic mass is 16.5. The van der Waals surface area contributed by atoms with Crippen molar-refractivity contribution in [1.29, 1.82) is 5.26 Å². The van der Waals surface area contributed by atoms with Crippen LogP contribution in [0.2, 0.25) is 0 Å². The van der Waals surface area contributed by atoms with Crippen LogP contribution in [0.1, 0.15) is 5.56 Å². The molecule has 0 aliphatic carbocycles. The second-order valence-electron chi connectivity index (χ2n) is 3.72. The molecule has 0 radical (unpaired) electrons. The molecule has 6 heteroatoms. The number of methoxy groups -OCH3 is 1. The highest BCUT2D eigenvalue weighted by molar-refractivity contribution is 5.85. The Morgan fingerprint density at radius 1 is 1.61 bits per heavy atom. The number of nitriles is 1. The molecule has 96 valence electrons. The van der Waals surface area contributed by atoms with Crippen LogP contribution in [0.15, 0.2) is 24.3 Å². The van der Waals surface area contributed by atoms with Crippen molar-refractivity contribution < 1.29 is 9.53 Å². The van der Waals surface area contributed by atoms with Crippen molar-refractivity contribution in [3.05, 3.63) is 29.8 Å². The summed E-state index contributed by atoms with van der Waals surface area (Å²) in [6.45, 7) is 0.180. The number of amides is 1.